The number of rotatable bonds is 6. The Morgan fingerprint density at radius 1 is 1.07 bits per heavy atom. The number of hydrogen-bond donors (Lipinski definition) is 3. The number of halogens is 1. The third kappa shape index (κ3) is 5.62. The van der Waals surface area contributed by atoms with Gasteiger partial charge in [0.1, 0.15) is 17.4 Å². The summed E-state index contributed by atoms with van der Waals surface area (Å²) in [5.41, 5.74) is 2.56. The molecule has 1 heterocycles. The van der Waals surface area contributed by atoms with Crippen molar-refractivity contribution in [2.75, 3.05) is 17.7 Å². The number of hydrogen-bond acceptors (Lipinski definition) is 5. The highest BCUT2D eigenvalue weighted by atomic mass is 32.1. The van der Waals surface area contributed by atoms with Crippen LogP contribution in [0.2, 0.25) is 0 Å². The van der Waals surface area contributed by atoms with E-state index in [1.54, 1.807) is 25.3 Å². The van der Waals surface area contributed by atoms with Crippen LogP contribution in [0.15, 0.2) is 54.6 Å². The average Bonchev–Trinajstić information content (AvgIpc) is 2.68. The third-order valence-corrected chi connectivity index (χ3v) is 4.05. The van der Waals surface area contributed by atoms with Crippen LogP contribution in [0.1, 0.15) is 11.3 Å². The van der Waals surface area contributed by atoms with Gasteiger partial charge in [0, 0.05) is 24.0 Å². The predicted molar refractivity (Wildman–Crippen MR) is 113 cm³/mol. The van der Waals surface area contributed by atoms with Crippen LogP contribution in [0.5, 0.6) is 5.75 Å². The average molecular weight is 397 g/mol. The van der Waals surface area contributed by atoms with Crippen molar-refractivity contribution in [2.24, 2.45) is 0 Å². The zero-order valence-electron chi connectivity index (χ0n) is 15.5. The molecule has 2 aromatic carbocycles. The molecule has 0 saturated carbocycles. The van der Waals surface area contributed by atoms with Crippen molar-refractivity contribution in [3.63, 3.8) is 0 Å². The van der Waals surface area contributed by atoms with Crippen LogP contribution < -0.4 is 20.7 Å². The van der Waals surface area contributed by atoms with Gasteiger partial charge in [-0.1, -0.05) is 12.1 Å². The molecule has 0 spiro atoms. The van der Waals surface area contributed by atoms with Gasteiger partial charge in [0.05, 0.1) is 7.11 Å². The monoisotopic (exact) mass is 397 g/mol. The summed E-state index contributed by atoms with van der Waals surface area (Å²) < 4.78 is 18.2. The number of ether oxygens (including phenoxy) is 1. The quantitative estimate of drug-likeness (QED) is 0.540. The SMILES string of the molecule is COc1ccc(CNC(=S)Nc2nc(C)cc(Nc3ccc(F)cc3)n2)cc1. The third-order valence-electron chi connectivity index (χ3n) is 3.81. The van der Waals surface area contributed by atoms with Gasteiger partial charge < -0.3 is 20.7 Å². The first-order valence-corrected chi connectivity index (χ1v) is 8.99. The van der Waals surface area contributed by atoms with Crippen LogP contribution in [0, 0.1) is 12.7 Å². The van der Waals surface area contributed by atoms with E-state index in [0.29, 0.717) is 23.4 Å². The number of anilines is 3. The number of aromatic nitrogens is 2. The number of thiocarbonyl (C=S) groups is 1. The van der Waals surface area contributed by atoms with Gasteiger partial charge in [-0.15, -0.1) is 0 Å². The van der Waals surface area contributed by atoms with Crippen molar-refractivity contribution in [2.45, 2.75) is 13.5 Å². The zero-order valence-corrected chi connectivity index (χ0v) is 16.3. The maximum absolute atomic E-state index is 13.0. The molecule has 3 N–H and O–H groups in total. The highest BCUT2D eigenvalue weighted by Gasteiger charge is 2.06. The Bertz CT molecular complexity index is 948. The summed E-state index contributed by atoms with van der Waals surface area (Å²) in [5.74, 6) is 1.47. The van der Waals surface area contributed by atoms with Crippen LogP contribution in [0.25, 0.3) is 0 Å². The van der Waals surface area contributed by atoms with Crippen LogP contribution in [-0.2, 0) is 6.54 Å². The molecular formula is C20H20FN5OS. The normalized spacial score (nSPS) is 10.2. The Hall–Kier alpha value is -3.26. The summed E-state index contributed by atoms with van der Waals surface area (Å²) in [7, 11) is 1.63. The minimum Gasteiger partial charge on any atom is -0.497 e. The largest absolute Gasteiger partial charge is 0.497 e. The molecule has 0 atom stereocenters. The first-order chi connectivity index (χ1) is 13.5. The molecule has 3 rings (SSSR count). The Morgan fingerprint density at radius 3 is 2.46 bits per heavy atom. The number of nitrogens with zero attached hydrogens (tertiary/aromatic N) is 2. The summed E-state index contributed by atoms with van der Waals surface area (Å²) in [6, 6.07) is 15.5. The van der Waals surface area contributed by atoms with Gasteiger partial charge in [0.15, 0.2) is 5.11 Å². The Morgan fingerprint density at radius 2 is 1.79 bits per heavy atom. The van der Waals surface area contributed by atoms with E-state index in [1.165, 1.54) is 12.1 Å². The second-order valence-electron chi connectivity index (χ2n) is 6.01. The fraction of sp³-hybridized carbons (Fsp3) is 0.150. The van der Waals surface area contributed by atoms with Crippen molar-refractivity contribution in [1.29, 1.82) is 0 Å². The zero-order chi connectivity index (χ0) is 19.9. The van der Waals surface area contributed by atoms with Crippen molar-refractivity contribution < 1.29 is 9.13 Å². The van der Waals surface area contributed by atoms with Crippen LogP contribution in [0.4, 0.5) is 21.8 Å². The first-order valence-electron chi connectivity index (χ1n) is 8.58. The minimum atomic E-state index is -0.292. The molecule has 3 aromatic rings. The van der Waals surface area contributed by atoms with Gasteiger partial charge in [0.2, 0.25) is 5.95 Å². The molecule has 0 bridgehead atoms. The molecule has 0 aliphatic rings. The molecule has 0 aliphatic carbocycles. The fourth-order valence-electron chi connectivity index (χ4n) is 2.44. The first kappa shape index (κ1) is 19.5. The van der Waals surface area contributed by atoms with E-state index in [2.05, 4.69) is 25.9 Å². The predicted octanol–water partition coefficient (Wildman–Crippen LogP) is 4.16. The number of nitrogens with one attached hydrogen (secondary N) is 3. The molecule has 0 amide bonds. The molecule has 0 saturated heterocycles. The lowest BCUT2D eigenvalue weighted by atomic mass is 10.2. The van der Waals surface area contributed by atoms with E-state index in [0.717, 1.165) is 22.7 Å². The summed E-state index contributed by atoms with van der Waals surface area (Å²) in [6.07, 6.45) is 0. The summed E-state index contributed by atoms with van der Waals surface area (Å²) in [6.45, 7) is 2.42. The molecular weight excluding hydrogens is 377 g/mol. The molecule has 0 radical (unpaired) electrons. The lowest BCUT2D eigenvalue weighted by molar-refractivity contribution is 0.414. The summed E-state index contributed by atoms with van der Waals surface area (Å²) in [4.78, 5) is 8.74. The standard InChI is InChI=1S/C20H20FN5OS/c1-13-11-18(24-16-7-5-15(21)6-8-16)25-19(23-13)26-20(28)22-12-14-3-9-17(27-2)10-4-14/h3-11H,12H2,1-2H3,(H3,22,23,24,25,26,28). The van der Waals surface area contributed by atoms with E-state index in [4.69, 9.17) is 17.0 Å². The van der Waals surface area contributed by atoms with E-state index < -0.39 is 0 Å². The molecule has 144 valence electrons. The van der Waals surface area contributed by atoms with Crippen LogP contribution >= 0.6 is 12.2 Å². The van der Waals surface area contributed by atoms with Gasteiger partial charge in [-0.3, -0.25) is 0 Å². The van der Waals surface area contributed by atoms with Crippen molar-refractivity contribution in [3.8, 4) is 5.75 Å². The molecule has 0 unspecified atom stereocenters. The van der Waals surface area contributed by atoms with Gasteiger partial charge in [-0.25, -0.2) is 9.37 Å². The van der Waals surface area contributed by atoms with Crippen molar-refractivity contribution >= 4 is 34.8 Å². The second kappa shape index (κ2) is 9.09. The smallest absolute Gasteiger partial charge is 0.231 e. The highest BCUT2D eigenvalue weighted by Crippen LogP contribution is 2.17. The molecule has 0 fully saturated rings. The van der Waals surface area contributed by atoms with Crippen molar-refractivity contribution in [3.05, 3.63) is 71.7 Å². The molecule has 6 nitrogen and oxygen atoms in total. The molecule has 0 aliphatic heterocycles. The Labute approximate surface area is 168 Å². The van der Waals surface area contributed by atoms with E-state index >= 15 is 0 Å². The molecule has 8 heteroatoms. The lowest BCUT2D eigenvalue weighted by Gasteiger charge is -2.12. The van der Waals surface area contributed by atoms with E-state index in [-0.39, 0.29) is 5.82 Å². The number of aryl methyl sites for hydroxylation is 1. The van der Waals surface area contributed by atoms with Gasteiger partial charge in [-0.05, 0) is 61.1 Å². The second-order valence-corrected chi connectivity index (χ2v) is 6.41. The Balaban J connectivity index is 1.60. The highest BCUT2D eigenvalue weighted by molar-refractivity contribution is 7.80. The molecule has 28 heavy (non-hydrogen) atoms. The van der Waals surface area contributed by atoms with Gasteiger partial charge >= 0.3 is 0 Å². The van der Waals surface area contributed by atoms with Crippen LogP contribution in [-0.4, -0.2) is 22.2 Å². The maximum atomic E-state index is 13.0. The fourth-order valence-corrected chi connectivity index (χ4v) is 2.60. The van der Waals surface area contributed by atoms with Crippen molar-refractivity contribution in [1.82, 2.24) is 15.3 Å². The number of benzene rings is 2. The van der Waals surface area contributed by atoms with E-state index in [9.17, 15) is 4.39 Å². The minimum absolute atomic E-state index is 0.292. The van der Waals surface area contributed by atoms with Crippen LogP contribution in [0.3, 0.4) is 0 Å². The van der Waals surface area contributed by atoms with Gasteiger partial charge in [-0.2, -0.15) is 4.98 Å². The topological polar surface area (TPSA) is 71.1 Å². The Kier molecular flexibility index (Phi) is 6.33. The molecule has 1 aromatic heterocycles. The van der Waals surface area contributed by atoms with Gasteiger partial charge in [0.25, 0.3) is 0 Å². The van der Waals surface area contributed by atoms with E-state index in [1.807, 2.05) is 31.2 Å². The number of methoxy groups -OCH3 is 1. The summed E-state index contributed by atoms with van der Waals surface area (Å²) in [5, 5.41) is 9.63. The lowest BCUT2D eigenvalue weighted by Crippen LogP contribution is -2.28. The summed E-state index contributed by atoms with van der Waals surface area (Å²) >= 11 is 5.33. The maximum Gasteiger partial charge on any atom is 0.231 e.